The minimum absolute atomic E-state index is 0.0872. The third-order valence-electron chi connectivity index (χ3n) is 6.96. The summed E-state index contributed by atoms with van der Waals surface area (Å²) in [7, 11) is 0. The van der Waals surface area contributed by atoms with Gasteiger partial charge in [0.05, 0.1) is 39.6 Å². The molecule has 42 heavy (non-hydrogen) atoms. The predicted molar refractivity (Wildman–Crippen MR) is 123 cm³/mol. The summed E-state index contributed by atoms with van der Waals surface area (Å²) >= 11 is 0. The smallest absolute Gasteiger partial charge is 0.157 e. The lowest BCUT2D eigenvalue weighted by atomic mass is 9.84. The molecule has 0 bridgehead atoms. The third-order valence-corrected chi connectivity index (χ3v) is 6.96. The molecule has 18 nitrogen and oxygen atoms in total. The summed E-state index contributed by atoms with van der Waals surface area (Å²) in [6, 6.07) is 0. The standard InChI is InChI=1S/C24H36O18/c1-13(25-1)7-31-37-19-20(38-32-8-14-2-26-14)22(40-34-10-16-4-28-16)24(42-36-12-18-6-30-18)23(41-35-11-17-5-29-17)21(19)39-33-9-15-3-27-15/h13-24H,1-12H2. The van der Waals surface area contributed by atoms with Gasteiger partial charge in [-0.05, 0) is 0 Å². The van der Waals surface area contributed by atoms with Crippen LogP contribution in [0.1, 0.15) is 0 Å². The van der Waals surface area contributed by atoms with Crippen LogP contribution in [0, 0.1) is 0 Å². The van der Waals surface area contributed by atoms with E-state index in [1.54, 1.807) is 0 Å². The fourth-order valence-electron chi connectivity index (χ4n) is 3.93. The number of hydrogen-bond donors (Lipinski definition) is 0. The highest BCUT2D eigenvalue weighted by Gasteiger charge is 2.60. The Morgan fingerprint density at radius 2 is 0.429 bits per heavy atom. The number of epoxide rings is 6. The second kappa shape index (κ2) is 14.6. The van der Waals surface area contributed by atoms with Crippen LogP contribution in [-0.4, -0.2) is 153 Å². The van der Waals surface area contributed by atoms with Crippen LogP contribution < -0.4 is 0 Å². The van der Waals surface area contributed by atoms with Gasteiger partial charge in [-0.1, -0.05) is 0 Å². The molecular weight excluding hydrogens is 576 g/mol. The maximum atomic E-state index is 5.86. The SMILES string of the molecule is C(OOC1C(OOCC2CO2)C(OOCC2CO2)C(OOCC2CO2)C(OOCC2CO2)C1OOCC1CO1)C1CO1. The largest absolute Gasteiger partial charge is 0.370 e. The zero-order valence-electron chi connectivity index (χ0n) is 22.8. The van der Waals surface area contributed by atoms with E-state index in [4.69, 9.17) is 87.1 Å². The summed E-state index contributed by atoms with van der Waals surface area (Å²) in [5, 5.41) is 0. The van der Waals surface area contributed by atoms with E-state index in [2.05, 4.69) is 0 Å². The third kappa shape index (κ3) is 9.64. The predicted octanol–water partition coefficient (Wildman–Crippen LogP) is -1.71. The Balaban J connectivity index is 1.11. The van der Waals surface area contributed by atoms with E-state index in [-0.39, 0.29) is 76.3 Å². The topological polar surface area (TPSA) is 186 Å². The second-order valence-electron chi connectivity index (χ2n) is 10.8. The van der Waals surface area contributed by atoms with E-state index in [1.165, 1.54) is 0 Å². The molecule has 6 unspecified atom stereocenters. The Morgan fingerprint density at radius 3 is 0.548 bits per heavy atom. The average molecular weight is 613 g/mol. The molecule has 6 aliphatic heterocycles. The van der Waals surface area contributed by atoms with Crippen molar-refractivity contribution < 1.29 is 87.1 Å². The highest BCUT2D eigenvalue weighted by Crippen LogP contribution is 2.36. The van der Waals surface area contributed by atoms with Crippen molar-refractivity contribution in [3.8, 4) is 0 Å². The van der Waals surface area contributed by atoms with E-state index in [9.17, 15) is 0 Å². The van der Waals surface area contributed by atoms with Crippen molar-refractivity contribution >= 4 is 0 Å². The number of rotatable bonds is 24. The normalized spacial score (nSPS) is 42.9. The van der Waals surface area contributed by atoms with Crippen molar-refractivity contribution in [2.75, 3.05) is 79.3 Å². The molecule has 7 aliphatic rings. The molecule has 0 amide bonds. The molecule has 6 atom stereocenters. The van der Waals surface area contributed by atoms with Crippen LogP contribution in [-0.2, 0) is 87.1 Å². The molecular formula is C24H36O18. The summed E-state index contributed by atoms with van der Waals surface area (Å²) in [6.45, 7) is 4.35. The lowest BCUT2D eigenvalue weighted by Gasteiger charge is -2.45. The lowest BCUT2D eigenvalue weighted by molar-refractivity contribution is -0.514. The minimum atomic E-state index is -1.09. The first-order chi connectivity index (χ1) is 20.8. The van der Waals surface area contributed by atoms with Gasteiger partial charge in [-0.3, -0.25) is 0 Å². The zero-order chi connectivity index (χ0) is 28.1. The van der Waals surface area contributed by atoms with E-state index in [0.717, 1.165) is 0 Å². The van der Waals surface area contributed by atoms with Gasteiger partial charge in [-0.15, -0.1) is 0 Å². The maximum Gasteiger partial charge on any atom is 0.157 e. The Labute approximate surface area is 240 Å². The molecule has 1 saturated carbocycles. The zero-order valence-corrected chi connectivity index (χ0v) is 22.8. The summed E-state index contributed by atoms with van der Waals surface area (Å²) in [4.78, 5) is 68.3. The molecule has 0 radical (unpaired) electrons. The van der Waals surface area contributed by atoms with Crippen LogP contribution in [0.3, 0.4) is 0 Å². The summed E-state index contributed by atoms with van der Waals surface area (Å²) in [5.74, 6) is 0. The van der Waals surface area contributed by atoms with Gasteiger partial charge >= 0.3 is 0 Å². The summed E-state index contributed by atoms with van der Waals surface area (Å²) in [5.41, 5.74) is 0. The van der Waals surface area contributed by atoms with Crippen LogP contribution in [0.15, 0.2) is 0 Å². The maximum absolute atomic E-state index is 5.86. The Bertz CT molecular complexity index is 633. The van der Waals surface area contributed by atoms with Gasteiger partial charge in [0.15, 0.2) is 36.6 Å². The van der Waals surface area contributed by atoms with Crippen molar-refractivity contribution in [1.82, 2.24) is 0 Å². The molecule has 6 heterocycles. The molecule has 1 aliphatic carbocycles. The van der Waals surface area contributed by atoms with E-state index >= 15 is 0 Å². The molecule has 7 rings (SSSR count). The quantitative estimate of drug-likeness (QED) is 0.0681. The van der Waals surface area contributed by atoms with Crippen LogP contribution >= 0.6 is 0 Å². The molecule has 6 saturated heterocycles. The Hall–Kier alpha value is -0.720. The number of hydrogen-bond acceptors (Lipinski definition) is 18. The monoisotopic (exact) mass is 612 g/mol. The molecule has 0 aromatic heterocycles. The van der Waals surface area contributed by atoms with E-state index in [1.807, 2.05) is 0 Å². The highest BCUT2D eigenvalue weighted by molar-refractivity contribution is 5.02. The van der Waals surface area contributed by atoms with Crippen molar-refractivity contribution in [3.63, 3.8) is 0 Å². The fourth-order valence-corrected chi connectivity index (χ4v) is 3.93. The van der Waals surface area contributed by atoms with Gasteiger partial charge in [0.1, 0.15) is 76.3 Å². The fraction of sp³-hybridized carbons (Fsp3) is 1.00. The molecule has 240 valence electrons. The highest BCUT2D eigenvalue weighted by atomic mass is 17.3. The van der Waals surface area contributed by atoms with Crippen LogP contribution in [0.4, 0.5) is 0 Å². The Kier molecular flexibility index (Phi) is 10.4. The molecule has 18 heteroatoms. The molecule has 0 N–H and O–H groups in total. The summed E-state index contributed by atoms with van der Waals surface area (Å²) < 4.78 is 31.4. The van der Waals surface area contributed by atoms with Gasteiger partial charge in [0.25, 0.3) is 0 Å². The van der Waals surface area contributed by atoms with Crippen molar-refractivity contribution in [3.05, 3.63) is 0 Å². The van der Waals surface area contributed by atoms with Crippen LogP contribution in [0.5, 0.6) is 0 Å². The van der Waals surface area contributed by atoms with Crippen molar-refractivity contribution in [2.24, 2.45) is 0 Å². The van der Waals surface area contributed by atoms with E-state index in [0.29, 0.717) is 39.6 Å². The molecule has 0 spiro atoms. The second-order valence-corrected chi connectivity index (χ2v) is 10.8. The number of ether oxygens (including phenoxy) is 6. The van der Waals surface area contributed by atoms with Crippen molar-refractivity contribution in [1.29, 1.82) is 0 Å². The van der Waals surface area contributed by atoms with Gasteiger partial charge in [0, 0.05) is 0 Å². The van der Waals surface area contributed by atoms with Crippen LogP contribution in [0.25, 0.3) is 0 Å². The van der Waals surface area contributed by atoms with Crippen LogP contribution in [0.2, 0.25) is 0 Å². The van der Waals surface area contributed by atoms with Gasteiger partial charge < -0.3 is 28.4 Å². The molecule has 0 aromatic rings. The Morgan fingerprint density at radius 1 is 0.286 bits per heavy atom. The first-order valence-corrected chi connectivity index (χ1v) is 14.2. The van der Waals surface area contributed by atoms with Gasteiger partial charge in [0.2, 0.25) is 0 Å². The molecule has 0 aromatic carbocycles. The minimum Gasteiger partial charge on any atom is -0.370 e. The first-order valence-electron chi connectivity index (χ1n) is 14.2. The molecule has 7 fully saturated rings. The average Bonchev–Trinajstić information content (AvgIpc) is 3.78. The van der Waals surface area contributed by atoms with E-state index < -0.39 is 36.6 Å². The van der Waals surface area contributed by atoms with Crippen molar-refractivity contribution in [2.45, 2.75) is 73.2 Å². The summed E-state index contributed by atoms with van der Waals surface area (Å²) in [6.07, 6.45) is -7.07. The lowest BCUT2D eigenvalue weighted by Crippen LogP contribution is -2.67. The van der Waals surface area contributed by atoms with Gasteiger partial charge in [-0.2, -0.15) is 0 Å². The van der Waals surface area contributed by atoms with Gasteiger partial charge in [-0.25, -0.2) is 58.7 Å². The first kappa shape index (κ1) is 30.0.